The Hall–Kier alpha value is -2.43. The standard InChI is InChI=1S/C17H20N4O/c1-11-8-9-18-15-14(11)20-16(21(15)12-6-5-7-12)19-13(22)10-17(2,3)4/h5-9H,10H2,1-4H3,(H,19,20,22). The van der Waals surface area contributed by atoms with Gasteiger partial charge in [-0.05, 0) is 36.1 Å². The summed E-state index contributed by atoms with van der Waals surface area (Å²) in [6.07, 6.45) is 8.11. The van der Waals surface area contributed by atoms with Gasteiger partial charge < -0.3 is 0 Å². The second-order valence-corrected chi connectivity index (χ2v) is 6.81. The first kappa shape index (κ1) is 14.5. The molecule has 0 radical (unpaired) electrons. The number of rotatable bonds is 3. The zero-order valence-electron chi connectivity index (χ0n) is 13.3. The van der Waals surface area contributed by atoms with E-state index in [-0.39, 0.29) is 11.3 Å². The number of nitrogens with one attached hydrogen (secondary N) is 1. The van der Waals surface area contributed by atoms with Crippen LogP contribution in [0, 0.1) is 12.3 Å². The van der Waals surface area contributed by atoms with Crippen molar-refractivity contribution in [1.82, 2.24) is 14.5 Å². The summed E-state index contributed by atoms with van der Waals surface area (Å²) in [5.74, 6) is 0.493. The number of hydrogen-bond donors (Lipinski definition) is 1. The van der Waals surface area contributed by atoms with E-state index in [1.807, 2.05) is 56.6 Å². The molecule has 3 rings (SSSR count). The number of hydrogen-bond acceptors (Lipinski definition) is 3. The first-order valence-corrected chi connectivity index (χ1v) is 7.38. The molecule has 0 unspecified atom stereocenters. The van der Waals surface area contributed by atoms with Crippen LogP contribution in [0.1, 0.15) is 32.8 Å². The highest BCUT2D eigenvalue weighted by molar-refractivity contribution is 5.94. The average Bonchev–Trinajstić information content (AvgIpc) is 2.65. The topological polar surface area (TPSA) is 59.8 Å². The maximum atomic E-state index is 12.2. The van der Waals surface area contributed by atoms with Gasteiger partial charge in [0, 0.05) is 12.6 Å². The molecule has 114 valence electrons. The summed E-state index contributed by atoms with van der Waals surface area (Å²) in [7, 11) is 0. The number of allylic oxidation sites excluding steroid dienone is 4. The molecular formula is C17H20N4O. The van der Waals surface area contributed by atoms with Crippen molar-refractivity contribution in [2.45, 2.75) is 34.1 Å². The molecule has 0 aliphatic heterocycles. The Labute approximate surface area is 129 Å². The molecule has 5 heteroatoms. The second kappa shape index (κ2) is 5.09. The summed E-state index contributed by atoms with van der Waals surface area (Å²) < 4.78 is 1.89. The smallest absolute Gasteiger partial charge is 0.227 e. The van der Waals surface area contributed by atoms with Gasteiger partial charge in [-0.2, -0.15) is 0 Å². The number of carbonyl (C=O) groups is 1. The van der Waals surface area contributed by atoms with Crippen LogP contribution in [0.3, 0.4) is 0 Å². The van der Waals surface area contributed by atoms with Crippen LogP contribution in [0.4, 0.5) is 5.95 Å². The van der Waals surface area contributed by atoms with Gasteiger partial charge in [-0.15, -0.1) is 0 Å². The minimum atomic E-state index is -0.0647. The molecule has 1 aliphatic rings. The van der Waals surface area contributed by atoms with Crippen molar-refractivity contribution in [2.75, 3.05) is 5.32 Å². The van der Waals surface area contributed by atoms with Crippen molar-refractivity contribution in [3.63, 3.8) is 0 Å². The summed E-state index contributed by atoms with van der Waals surface area (Å²) >= 11 is 0. The van der Waals surface area contributed by atoms with E-state index >= 15 is 0 Å². The number of aryl methyl sites for hydroxylation is 1. The molecule has 0 spiro atoms. The molecule has 1 amide bonds. The normalized spacial score (nSPS) is 13.9. The highest BCUT2D eigenvalue weighted by Crippen LogP contribution is 2.28. The van der Waals surface area contributed by atoms with Gasteiger partial charge in [-0.1, -0.05) is 26.8 Å². The van der Waals surface area contributed by atoms with Gasteiger partial charge in [0.2, 0.25) is 11.9 Å². The van der Waals surface area contributed by atoms with Crippen LogP contribution in [0.5, 0.6) is 0 Å². The Morgan fingerprint density at radius 1 is 1.36 bits per heavy atom. The van der Waals surface area contributed by atoms with Crippen LogP contribution in [0.15, 0.2) is 30.5 Å². The van der Waals surface area contributed by atoms with E-state index < -0.39 is 0 Å². The number of pyridine rings is 1. The van der Waals surface area contributed by atoms with Crippen molar-refractivity contribution in [1.29, 1.82) is 0 Å². The Morgan fingerprint density at radius 3 is 2.68 bits per heavy atom. The second-order valence-electron chi connectivity index (χ2n) is 6.81. The van der Waals surface area contributed by atoms with E-state index in [0.717, 1.165) is 22.4 Å². The largest absolute Gasteiger partial charge is 0.296 e. The molecule has 0 bridgehead atoms. The van der Waals surface area contributed by atoms with Crippen molar-refractivity contribution in [2.24, 2.45) is 5.41 Å². The Bertz CT molecular complexity index is 806. The summed E-state index contributed by atoms with van der Waals surface area (Å²) in [5, 5.41) is 2.93. The number of imidazole rings is 1. The molecule has 0 atom stereocenters. The minimum absolute atomic E-state index is 0.0365. The fourth-order valence-corrected chi connectivity index (χ4v) is 2.40. The number of anilines is 1. The highest BCUT2D eigenvalue weighted by Gasteiger charge is 2.21. The molecule has 2 aromatic heterocycles. The third-order valence-corrected chi connectivity index (χ3v) is 3.48. The molecule has 0 aromatic carbocycles. The summed E-state index contributed by atoms with van der Waals surface area (Å²) in [5.41, 5.74) is 3.53. The number of amides is 1. The van der Waals surface area contributed by atoms with Crippen LogP contribution in [-0.4, -0.2) is 20.4 Å². The van der Waals surface area contributed by atoms with E-state index in [9.17, 15) is 4.79 Å². The van der Waals surface area contributed by atoms with Crippen molar-refractivity contribution >= 4 is 28.7 Å². The van der Waals surface area contributed by atoms with Crippen molar-refractivity contribution in [3.8, 4) is 0 Å². The first-order valence-electron chi connectivity index (χ1n) is 7.38. The SMILES string of the molecule is Cc1ccnc2c1nc(NC(=O)CC(C)(C)C)n2C1=CC=C1. The molecule has 2 heterocycles. The lowest BCUT2D eigenvalue weighted by Gasteiger charge is -2.18. The van der Waals surface area contributed by atoms with E-state index in [1.54, 1.807) is 6.20 Å². The van der Waals surface area contributed by atoms with Gasteiger partial charge in [0.15, 0.2) is 5.65 Å². The molecule has 0 fully saturated rings. The Morgan fingerprint density at radius 2 is 2.09 bits per heavy atom. The molecule has 0 saturated carbocycles. The quantitative estimate of drug-likeness (QED) is 0.942. The average molecular weight is 296 g/mol. The third-order valence-electron chi connectivity index (χ3n) is 3.48. The van der Waals surface area contributed by atoms with Gasteiger partial charge in [-0.25, -0.2) is 9.97 Å². The van der Waals surface area contributed by atoms with Crippen LogP contribution in [0.25, 0.3) is 16.9 Å². The predicted molar refractivity (Wildman–Crippen MR) is 88.4 cm³/mol. The van der Waals surface area contributed by atoms with Crippen LogP contribution >= 0.6 is 0 Å². The zero-order chi connectivity index (χ0) is 15.9. The van der Waals surface area contributed by atoms with Gasteiger partial charge >= 0.3 is 0 Å². The zero-order valence-corrected chi connectivity index (χ0v) is 13.3. The number of nitrogens with zero attached hydrogens (tertiary/aromatic N) is 3. The minimum Gasteiger partial charge on any atom is -0.296 e. The fraction of sp³-hybridized carbons (Fsp3) is 0.353. The molecule has 2 aromatic rings. The summed E-state index contributed by atoms with van der Waals surface area (Å²) in [6, 6.07) is 1.92. The van der Waals surface area contributed by atoms with E-state index in [4.69, 9.17) is 0 Å². The maximum absolute atomic E-state index is 12.2. The molecule has 1 aliphatic carbocycles. The van der Waals surface area contributed by atoms with Crippen LogP contribution < -0.4 is 5.32 Å². The van der Waals surface area contributed by atoms with Gasteiger partial charge in [-0.3, -0.25) is 14.7 Å². The van der Waals surface area contributed by atoms with Gasteiger partial charge in [0.25, 0.3) is 0 Å². The summed E-state index contributed by atoms with van der Waals surface area (Å²) in [6.45, 7) is 8.11. The van der Waals surface area contributed by atoms with E-state index in [1.165, 1.54) is 0 Å². The maximum Gasteiger partial charge on any atom is 0.227 e. The monoisotopic (exact) mass is 296 g/mol. The van der Waals surface area contributed by atoms with Gasteiger partial charge in [0.1, 0.15) is 5.52 Å². The molecule has 1 N–H and O–H groups in total. The van der Waals surface area contributed by atoms with Crippen molar-refractivity contribution < 1.29 is 4.79 Å². The van der Waals surface area contributed by atoms with E-state index in [0.29, 0.717) is 12.4 Å². The molecular weight excluding hydrogens is 276 g/mol. The van der Waals surface area contributed by atoms with Crippen molar-refractivity contribution in [3.05, 3.63) is 36.1 Å². The Kier molecular flexibility index (Phi) is 3.35. The predicted octanol–water partition coefficient (Wildman–Crippen LogP) is 3.53. The lowest BCUT2D eigenvalue weighted by atomic mass is 9.92. The molecule has 0 saturated heterocycles. The number of carbonyl (C=O) groups excluding carboxylic acids is 1. The molecule has 5 nitrogen and oxygen atoms in total. The third kappa shape index (κ3) is 2.66. The Balaban J connectivity index is 2.02. The van der Waals surface area contributed by atoms with E-state index in [2.05, 4.69) is 15.3 Å². The first-order chi connectivity index (χ1) is 10.3. The fourth-order valence-electron chi connectivity index (χ4n) is 2.40. The number of aromatic nitrogens is 3. The summed E-state index contributed by atoms with van der Waals surface area (Å²) in [4.78, 5) is 21.2. The lowest BCUT2D eigenvalue weighted by Crippen LogP contribution is -2.21. The molecule has 22 heavy (non-hydrogen) atoms. The van der Waals surface area contributed by atoms with Crippen LogP contribution in [-0.2, 0) is 4.79 Å². The highest BCUT2D eigenvalue weighted by atomic mass is 16.1. The van der Waals surface area contributed by atoms with Gasteiger partial charge in [0.05, 0.1) is 5.70 Å². The number of fused-ring (bicyclic) bond motifs is 1. The van der Waals surface area contributed by atoms with Crippen LogP contribution in [0.2, 0.25) is 0 Å². The lowest BCUT2D eigenvalue weighted by molar-refractivity contribution is -0.117.